The molecule has 1 aromatic carbocycles. The van der Waals surface area contributed by atoms with Gasteiger partial charge in [-0.3, -0.25) is 4.90 Å². The number of hydrogen-bond donors (Lipinski definition) is 0. The topological polar surface area (TPSA) is 38.8 Å². The van der Waals surface area contributed by atoms with Gasteiger partial charge in [0.05, 0.1) is 12.1 Å². The van der Waals surface area contributed by atoms with Crippen molar-refractivity contribution in [3.8, 4) is 5.75 Å². The lowest BCUT2D eigenvalue weighted by atomic mass is 9.91. The molecule has 1 saturated heterocycles. The fourth-order valence-corrected chi connectivity index (χ4v) is 4.04. The van der Waals surface area contributed by atoms with Crippen LogP contribution in [0.25, 0.3) is 0 Å². The second-order valence-electron chi connectivity index (χ2n) is 6.98. The van der Waals surface area contributed by atoms with Crippen molar-refractivity contribution in [2.24, 2.45) is 0 Å². The molecule has 2 atom stereocenters. The third-order valence-electron chi connectivity index (χ3n) is 5.28. The maximum absolute atomic E-state index is 13.6. The van der Waals surface area contributed by atoms with E-state index in [1.807, 2.05) is 11.0 Å². The summed E-state index contributed by atoms with van der Waals surface area (Å²) in [6, 6.07) is 5.38. The number of nitrogens with zero attached hydrogens (tertiary/aromatic N) is 1. The molecule has 0 N–H and O–H groups in total. The zero-order valence-electron chi connectivity index (χ0n) is 13.5. The van der Waals surface area contributed by atoms with Crippen molar-refractivity contribution in [1.29, 1.82) is 0 Å². The van der Waals surface area contributed by atoms with E-state index >= 15 is 0 Å². The molecule has 4 nitrogen and oxygen atoms in total. The molecule has 2 aliphatic heterocycles. The van der Waals surface area contributed by atoms with Gasteiger partial charge < -0.3 is 9.47 Å². The molecule has 6 heteroatoms. The summed E-state index contributed by atoms with van der Waals surface area (Å²) in [7, 11) is 0. The Morgan fingerprint density at radius 2 is 2.08 bits per heavy atom. The SMILES string of the molecule is O=C1OCc2cc(O[C@@H]3CCCC[C@H]3N3CCC(F)(F)C3)ccc21. The molecule has 0 unspecified atom stereocenters. The molecule has 0 amide bonds. The minimum Gasteiger partial charge on any atom is -0.489 e. The van der Waals surface area contributed by atoms with Crippen molar-refractivity contribution >= 4 is 5.97 Å². The first-order valence-electron chi connectivity index (χ1n) is 8.60. The van der Waals surface area contributed by atoms with Gasteiger partial charge in [-0.05, 0) is 37.5 Å². The van der Waals surface area contributed by atoms with Crippen LogP contribution in [0.1, 0.15) is 48.0 Å². The van der Waals surface area contributed by atoms with Crippen molar-refractivity contribution in [2.75, 3.05) is 13.1 Å². The second kappa shape index (κ2) is 5.99. The quantitative estimate of drug-likeness (QED) is 0.793. The molecular weight excluding hydrogens is 316 g/mol. The van der Waals surface area contributed by atoms with Gasteiger partial charge in [0.15, 0.2) is 0 Å². The van der Waals surface area contributed by atoms with Gasteiger partial charge >= 0.3 is 5.97 Å². The lowest BCUT2D eigenvalue weighted by molar-refractivity contribution is -0.00972. The van der Waals surface area contributed by atoms with Gasteiger partial charge in [0.25, 0.3) is 5.92 Å². The van der Waals surface area contributed by atoms with Gasteiger partial charge in [0.2, 0.25) is 0 Å². The molecule has 0 spiro atoms. The third-order valence-corrected chi connectivity index (χ3v) is 5.28. The van der Waals surface area contributed by atoms with Gasteiger partial charge in [0.1, 0.15) is 18.5 Å². The van der Waals surface area contributed by atoms with E-state index in [2.05, 4.69) is 0 Å². The van der Waals surface area contributed by atoms with E-state index in [1.54, 1.807) is 12.1 Å². The number of benzene rings is 1. The minimum atomic E-state index is -2.58. The summed E-state index contributed by atoms with van der Waals surface area (Å²) in [5.74, 6) is -2.19. The molecule has 4 rings (SSSR count). The Hall–Kier alpha value is -1.69. The van der Waals surface area contributed by atoms with E-state index in [-0.39, 0.29) is 37.7 Å². The predicted octanol–water partition coefficient (Wildman–Crippen LogP) is 3.39. The number of halogens is 2. The number of esters is 1. The zero-order chi connectivity index (χ0) is 16.7. The van der Waals surface area contributed by atoms with Crippen LogP contribution in [0.3, 0.4) is 0 Å². The Kier molecular flexibility index (Phi) is 3.95. The second-order valence-corrected chi connectivity index (χ2v) is 6.98. The summed E-state index contributed by atoms with van der Waals surface area (Å²) in [6.07, 6.45) is 3.74. The number of likely N-dealkylation sites (tertiary alicyclic amines) is 1. The third kappa shape index (κ3) is 2.99. The smallest absolute Gasteiger partial charge is 0.338 e. The van der Waals surface area contributed by atoms with E-state index in [1.165, 1.54) is 0 Å². The summed E-state index contributed by atoms with van der Waals surface area (Å²) >= 11 is 0. The Morgan fingerprint density at radius 1 is 1.25 bits per heavy atom. The van der Waals surface area contributed by atoms with E-state index in [9.17, 15) is 13.6 Å². The van der Waals surface area contributed by atoms with E-state index in [4.69, 9.17) is 9.47 Å². The van der Waals surface area contributed by atoms with Gasteiger partial charge in [-0.25, -0.2) is 13.6 Å². The molecule has 24 heavy (non-hydrogen) atoms. The number of carbonyl (C=O) groups is 1. The first-order valence-corrected chi connectivity index (χ1v) is 8.60. The molecule has 0 aromatic heterocycles. The lowest BCUT2D eigenvalue weighted by Crippen LogP contribution is -2.47. The average molecular weight is 337 g/mol. The average Bonchev–Trinajstić information content (AvgIpc) is 3.10. The van der Waals surface area contributed by atoms with Gasteiger partial charge in [-0.15, -0.1) is 0 Å². The van der Waals surface area contributed by atoms with Crippen LogP contribution < -0.4 is 4.74 Å². The van der Waals surface area contributed by atoms with Crippen LogP contribution in [-0.4, -0.2) is 42.0 Å². The monoisotopic (exact) mass is 337 g/mol. The molecule has 2 fully saturated rings. The maximum Gasteiger partial charge on any atom is 0.338 e. The highest BCUT2D eigenvalue weighted by Crippen LogP contribution is 2.35. The summed E-state index contributed by atoms with van der Waals surface area (Å²) in [6.45, 7) is 0.548. The van der Waals surface area contributed by atoms with Gasteiger partial charge in [-0.1, -0.05) is 6.42 Å². The summed E-state index contributed by atoms with van der Waals surface area (Å²) in [5.41, 5.74) is 1.42. The van der Waals surface area contributed by atoms with Crippen LogP contribution in [0.2, 0.25) is 0 Å². The zero-order valence-corrected chi connectivity index (χ0v) is 13.5. The van der Waals surface area contributed by atoms with E-state index in [0.29, 0.717) is 17.9 Å². The first-order chi connectivity index (χ1) is 11.5. The number of rotatable bonds is 3. The Balaban J connectivity index is 1.49. The standard InChI is InChI=1S/C18H21F2NO3/c19-18(20)7-8-21(11-18)15-3-1-2-4-16(15)24-13-5-6-14-12(9-13)10-23-17(14)22/h5-6,9,15-16H,1-4,7-8,10-11H2/t15-,16-/m1/s1. The van der Waals surface area contributed by atoms with E-state index < -0.39 is 5.92 Å². The molecule has 1 aliphatic carbocycles. The first kappa shape index (κ1) is 15.8. The Morgan fingerprint density at radius 3 is 2.88 bits per heavy atom. The van der Waals surface area contributed by atoms with Crippen LogP contribution in [0, 0.1) is 0 Å². The molecular formula is C18H21F2NO3. The molecule has 0 bridgehead atoms. The van der Waals surface area contributed by atoms with Crippen molar-refractivity contribution in [3.63, 3.8) is 0 Å². The fraction of sp³-hybridized carbons (Fsp3) is 0.611. The van der Waals surface area contributed by atoms with Crippen LogP contribution in [0.5, 0.6) is 5.75 Å². The molecule has 2 heterocycles. The summed E-state index contributed by atoms with van der Waals surface area (Å²) in [4.78, 5) is 13.4. The van der Waals surface area contributed by atoms with Crippen LogP contribution in [0.4, 0.5) is 8.78 Å². The largest absolute Gasteiger partial charge is 0.489 e. The number of fused-ring (bicyclic) bond motifs is 1. The lowest BCUT2D eigenvalue weighted by Gasteiger charge is -2.37. The highest BCUT2D eigenvalue weighted by atomic mass is 19.3. The number of carbonyl (C=O) groups excluding carboxylic acids is 1. The van der Waals surface area contributed by atoms with Crippen molar-refractivity contribution in [1.82, 2.24) is 4.90 Å². The summed E-state index contributed by atoms with van der Waals surface area (Å²) in [5, 5.41) is 0. The number of ether oxygens (including phenoxy) is 2. The van der Waals surface area contributed by atoms with Crippen LogP contribution >= 0.6 is 0 Å². The van der Waals surface area contributed by atoms with Gasteiger partial charge in [0, 0.05) is 24.6 Å². The fourth-order valence-electron chi connectivity index (χ4n) is 4.04. The highest BCUT2D eigenvalue weighted by Gasteiger charge is 2.43. The molecule has 1 aromatic rings. The number of hydrogen-bond acceptors (Lipinski definition) is 4. The number of alkyl halides is 2. The molecule has 0 radical (unpaired) electrons. The normalized spacial score (nSPS) is 29.3. The summed E-state index contributed by atoms with van der Waals surface area (Å²) < 4.78 is 38.3. The van der Waals surface area contributed by atoms with Crippen LogP contribution in [0.15, 0.2) is 18.2 Å². The Labute approximate surface area is 139 Å². The molecule has 3 aliphatic rings. The minimum absolute atomic E-state index is 0.0401. The van der Waals surface area contributed by atoms with Crippen molar-refractivity contribution in [3.05, 3.63) is 29.3 Å². The predicted molar refractivity (Wildman–Crippen MR) is 83.4 cm³/mol. The van der Waals surface area contributed by atoms with Gasteiger partial charge in [-0.2, -0.15) is 0 Å². The Bertz CT molecular complexity index is 649. The highest BCUT2D eigenvalue weighted by molar-refractivity contribution is 5.93. The molecule has 130 valence electrons. The maximum atomic E-state index is 13.6. The van der Waals surface area contributed by atoms with Crippen LogP contribution in [-0.2, 0) is 11.3 Å². The van der Waals surface area contributed by atoms with E-state index in [0.717, 1.165) is 31.2 Å². The number of cyclic esters (lactones) is 1. The molecule has 1 saturated carbocycles. The van der Waals surface area contributed by atoms with Crippen molar-refractivity contribution < 1.29 is 23.0 Å². The van der Waals surface area contributed by atoms with Crippen molar-refractivity contribution in [2.45, 2.75) is 56.8 Å².